The smallest absolute Gasteiger partial charge is 0.0846 e. The van der Waals surface area contributed by atoms with Gasteiger partial charge in [-0.05, 0) is 29.3 Å². The van der Waals surface area contributed by atoms with E-state index in [1.165, 1.54) is 0 Å². The Hall–Kier alpha value is -0.570. The molecule has 2 rings (SSSR count). The minimum absolute atomic E-state index is 0.180. The molecule has 0 aliphatic rings. The van der Waals surface area contributed by atoms with Crippen LogP contribution in [-0.4, -0.2) is 0 Å². The summed E-state index contributed by atoms with van der Waals surface area (Å²) in [4.78, 5) is 1.83. The molecular weight excluding hydrogens is 256 g/mol. The monoisotopic (exact) mass is 266 g/mol. The molecule has 16 heavy (non-hydrogen) atoms. The SMILES string of the molecule is Sc1cccc(C(Cl)c2ccccc2S)c1. The van der Waals surface area contributed by atoms with Crippen LogP contribution in [0.5, 0.6) is 0 Å². The van der Waals surface area contributed by atoms with Crippen molar-refractivity contribution in [2.24, 2.45) is 0 Å². The summed E-state index contributed by atoms with van der Waals surface area (Å²) in [5, 5.41) is -0.180. The molecule has 0 saturated carbocycles. The van der Waals surface area contributed by atoms with Crippen molar-refractivity contribution in [2.75, 3.05) is 0 Å². The van der Waals surface area contributed by atoms with Crippen LogP contribution in [0, 0.1) is 0 Å². The van der Waals surface area contributed by atoms with E-state index in [0.717, 1.165) is 20.9 Å². The molecule has 2 aromatic rings. The predicted octanol–water partition coefficient (Wildman–Crippen LogP) is 4.59. The fourth-order valence-corrected chi connectivity index (χ4v) is 2.49. The Morgan fingerprint density at radius 1 is 0.938 bits per heavy atom. The second kappa shape index (κ2) is 5.17. The van der Waals surface area contributed by atoms with Gasteiger partial charge in [0.15, 0.2) is 0 Å². The van der Waals surface area contributed by atoms with E-state index in [9.17, 15) is 0 Å². The molecule has 82 valence electrons. The Balaban J connectivity index is 2.39. The van der Waals surface area contributed by atoms with Crippen molar-refractivity contribution in [3.8, 4) is 0 Å². The number of halogens is 1. The lowest BCUT2D eigenvalue weighted by molar-refractivity contribution is 1.08. The van der Waals surface area contributed by atoms with E-state index in [1.54, 1.807) is 0 Å². The maximum absolute atomic E-state index is 6.43. The normalized spacial score (nSPS) is 12.4. The van der Waals surface area contributed by atoms with Crippen LogP contribution in [0.1, 0.15) is 16.5 Å². The molecule has 0 fully saturated rings. The first-order valence-electron chi connectivity index (χ1n) is 4.89. The van der Waals surface area contributed by atoms with Gasteiger partial charge in [0.25, 0.3) is 0 Å². The van der Waals surface area contributed by atoms with E-state index in [-0.39, 0.29) is 5.38 Å². The first kappa shape index (κ1) is 11.9. The predicted molar refractivity (Wildman–Crippen MR) is 75.1 cm³/mol. The third-order valence-corrected chi connectivity index (χ3v) is 3.55. The van der Waals surface area contributed by atoms with E-state index in [0.29, 0.717) is 0 Å². The van der Waals surface area contributed by atoms with Crippen molar-refractivity contribution < 1.29 is 0 Å². The first-order valence-corrected chi connectivity index (χ1v) is 6.22. The molecule has 0 bridgehead atoms. The van der Waals surface area contributed by atoms with Gasteiger partial charge >= 0.3 is 0 Å². The molecule has 0 aromatic heterocycles. The van der Waals surface area contributed by atoms with Gasteiger partial charge < -0.3 is 0 Å². The summed E-state index contributed by atoms with van der Waals surface area (Å²) in [7, 11) is 0. The van der Waals surface area contributed by atoms with Crippen LogP contribution >= 0.6 is 36.9 Å². The summed E-state index contributed by atoms with van der Waals surface area (Å²) in [6.45, 7) is 0. The van der Waals surface area contributed by atoms with Crippen LogP contribution in [0.4, 0.5) is 0 Å². The van der Waals surface area contributed by atoms with E-state index >= 15 is 0 Å². The van der Waals surface area contributed by atoms with Crippen molar-refractivity contribution in [3.05, 3.63) is 59.7 Å². The molecule has 2 aromatic carbocycles. The second-order valence-corrected chi connectivity index (χ2v) is 4.95. The minimum atomic E-state index is -0.180. The lowest BCUT2D eigenvalue weighted by atomic mass is 10.0. The van der Waals surface area contributed by atoms with Crippen LogP contribution < -0.4 is 0 Å². The molecule has 0 saturated heterocycles. The summed E-state index contributed by atoms with van der Waals surface area (Å²) in [5.74, 6) is 0. The molecule has 3 heteroatoms. The minimum Gasteiger partial charge on any atom is -0.143 e. The highest BCUT2D eigenvalue weighted by atomic mass is 35.5. The summed E-state index contributed by atoms with van der Waals surface area (Å²) in [6.07, 6.45) is 0. The molecule has 0 aliphatic carbocycles. The molecule has 0 amide bonds. The fourth-order valence-electron chi connectivity index (χ4n) is 1.56. The summed E-state index contributed by atoms with van der Waals surface area (Å²) < 4.78 is 0. The van der Waals surface area contributed by atoms with Crippen molar-refractivity contribution in [2.45, 2.75) is 15.2 Å². The van der Waals surface area contributed by atoms with Crippen molar-refractivity contribution in [1.29, 1.82) is 0 Å². The molecule has 0 heterocycles. The third-order valence-electron chi connectivity index (χ3n) is 2.37. The maximum atomic E-state index is 6.43. The van der Waals surface area contributed by atoms with Crippen LogP contribution in [0.15, 0.2) is 58.3 Å². The van der Waals surface area contributed by atoms with E-state index in [4.69, 9.17) is 11.6 Å². The van der Waals surface area contributed by atoms with Gasteiger partial charge in [0, 0.05) is 9.79 Å². The van der Waals surface area contributed by atoms with E-state index in [2.05, 4.69) is 25.3 Å². The summed E-state index contributed by atoms with van der Waals surface area (Å²) >= 11 is 15.1. The summed E-state index contributed by atoms with van der Waals surface area (Å²) in [6, 6.07) is 15.7. The average Bonchev–Trinajstić information content (AvgIpc) is 2.29. The van der Waals surface area contributed by atoms with Gasteiger partial charge in [-0.2, -0.15) is 0 Å². The lowest BCUT2D eigenvalue weighted by Crippen LogP contribution is -1.94. The zero-order valence-corrected chi connectivity index (χ0v) is 11.0. The molecule has 0 spiro atoms. The van der Waals surface area contributed by atoms with Crippen molar-refractivity contribution in [3.63, 3.8) is 0 Å². The number of rotatable bonds is 2. The highest BCUT2D eigenvalue weighted by molar-refractivity contribution is 7.80. The van der Waals surface area contributed by atoms with Gasteiger partial charge in [0.05, 0.1) is 5.38 Å². The fraction of sp³-hybridized carbons (Fsp3) is 0.0769. The summed E-state index contributed by atoms with van der Waals surface area (Å²) in [5.41, 5.74) is 2.06. The molecule has 0 N–H and O–H groups in total. The zero-order valence-electron chi connectivity index (χ0n) is 8.47. The topological polar surface area (TPSA) is 0 Å². The van der Waals surface area contributed by atoms with Crippen LogP contribution in [0.25, 0.3) is 0 Å². The molecule has 0 radical (unpaired) electrons. The molecule has 0 aliphatic heterocycles. The van der Waals surface area contributed by atoms with Crippen molar-refractivity contribution >= 4 is 36.9 Å². The standard InChI is InChI=1S/C13H11ClS2/c14-13(9-4-3-5-10(15)8-9)11-6-1-2-7-12(11)16/h1-8,13,15-16H. The van der Waals surface area contributed by atoms with E-state index in [1.807, 2.05) is 48.5 Å². The molecule has 1 atom stereocenters. The molecular formula is C13H11ClS2. The van der Waals surface area contributed by atoms with Gasteiger partial charge in [0.2, 0.25) is 0 Å². The van der Waals surface area contributed by atoms with E-state index < -0.39 is 0 Å². The van der Waals surface area contributed by atoms with Crippen LogP contribution in [0.3, 0.4) is 0 Å². The van der Waals surface area contributed by atoms with Gasteiger partial charge in [-0.3, -0.25) is 0 Å². The molecule has 0 nitrogen and oxygen atoms in total. The largest absolute Gasteiger partial charge is 0.143 e. The quantitative estimate of drug-likeness (QED) is 0.576. The number of hydrogen-bond acceptors (Lipinski definition) is 2. The Kier molecular flexibility index (Phi) is 3.85. The molecule has 1 unspecified atom stereocenters. The zero-order chi connectivity index (χ0) is 11.5. The second-order valence-electron chi connectivity index (χ2n) is 3.52. The van der Waals surface area contributed by atoms with Gasteiger partial charge in [-0.1, -0.05) is 30.3 Å². The van der Waals surface area contributed by atoms with Gasteiger partial charge in [-0.15, -0.1) is 36.9 Å². The lowest BCUT2D eigenvalue weighted by Gasteiger charge is -2.12. The number of hydrogen-bond donors (Lipinski definition) is 2. The Bertz CT molecular complexity index is 497. The van der Waals surface area contributed by atoms with Gasteiger partial charge in [0.1, 0.15) is 0 Å². The number of thiol groups is 2. The van der Waals surface area contributed by atoms with Crippen LogP contribution in [-0.2, 0) is 0 Å². The van der Waals surface area contributed by atoms with Crippen molar-refractivity contribution in [1.82, 2.24) is 0 Å². The Morgan fingerprint density at radius 3 is 2.38 bits per heavy atom. The third kappa shape index (κ3) is 2.57. The highest BCUT2D eigenvalue weighted by Gasteiger charge is 2.12. The average molecular weight is 267 g/mol. The van der Waals surface area contributed by atoms with Crippen LogP contribution in [0.2, 0.25) is 0 Å². The Morgan fingerprint density at radius 2 is 1.69 bits per heavy atom. The maximum Gasteiger partial charge on any atom is 0.0846 e. The number of alkyl halides is 1. The number of benzene rings is 2. The van der Waals surface area contributed by atoms with Gasteiger partial charge in [-0.25, -0.2) is 0 Å². The first-order chi connectivity index (χ1) is 7.68. The Labute approximate surface area is 111 Å². The highest BCUT2D eigenvalue weighted by Crippen LogP contribution is 2.33.